The molecule has 0 radical (unpaired) electrons. The molecule has 0 saturated carbocycles. The molecule has 0 spiro atoms. The van der Waals surface area contributed by atoms with Gasteiger partial charge >= 0.3 is 0 Å². The third-order valence-corrected chi connectivity index (χ3v) is 3.61. The number of fused-ring (bicyclic) bond motifs is 1. The Morgan fingerprint density at radius 1 is 1.29 bits per heavy atom. The van der Waals surface area contributed by atoms with Gasteiger partial charge < -0.3 is 10.3 Å². The van der Waals surface area contributed by atoms with E-state index in [1.165, 1.54) is 0 Å². The summed E-state index contributed by atoms with van der Waals surface area (Å²) in [5.41, 5.74) is 3.19. The van der Waals surface area contributed by atoms with Crippen molar-refractivity contribution in [3.05, 3.63) is 36.0 Å². The lowest BCUT2D eigenvalue weighted by Gasteiger charge is -2.18. The molecule has 2 aromatic rings. The zero-order chi connectivity index (χ0) is 15.2. The number of nitrogens with two attached hydrogens (primary N) is 1. The van der Waals surface area contributed by atoms with Gasteiger partial charge in [-0.15, -0.1) is 0 Å². The van der Waals surface area contributed by atoms with Gasteiger partial charge in [-0.2, -0.15) is 0 Å². The number of carbonyl (C=O) groups is 1. The summed E-state index contributed by atoms with van der Waals surface area (Å²) in [5.74, 6) is 6.05. The van der Waals surface area contributed by atoms with Gasteiger partial charge in [0.1, 0.15) is 5.82 Å². The van der Waals surface area contributed by atoms with Crippen LogP contribution in [-0.2, 0) is 0 Å². The molecule has 0 aliphatic rings. The largest absolute Gasteiger partial charge is 0.342 e. The summed E-state index contributed by atoms with van der Waals surface area (Å²) in [6.07, 6.45) is 4.89. The molecule has 112 valence electrons. The molecule has 0 aliphatic heterocycles. The second kappa shape index (κ2) is 7.04. The second-order valence-electron chi connectivity index (χ2n) is 5.14. The number of nitrogen functional groups attached to an aromatic ring is 1. The van der Waals surface area contributed by atoms with Gasteiger partial charge in [0.25, 0.3) is 5.91 Å². The van der Waals surface area contributed by atoms with Gasteiger partial charge in [0, 0.05) is 25.2 Å². The number of nitrogens with zero attached hydrogens (tertiary/aromatic N) is 2. The van der Waals surface area contributed by atoms with Crippen molar-refractivity contribution in [1.29, 1.82) is 0 Å². The van der Waals surface area contributed by atoms with Crippen LogP contribution in [0.4, 0.5) is 5.82 Å². The van der Waals surface area contributed by atoms with Crippen LogP contribution in [0.15, 0.2) is 30.5 Å². The SMILES string of the molecule is CCCCCN(C)C(=O)c1cnc(NN)c2ccccc12. The van der Waals surface area contributed by atoms with Crippen molar-refractivity contribution in [1.82, 2.24) is 9.88 Å². The summed E-state index contributed by atoms with van der Waals surface area (Å²) < 4.78 is 0. The highest BCUT2D eigenvalue weighted by molar-refractivity contribution is 6.09. The summed E-state index contributed by atoms with van der Waals surface area (Å²) >= 11 is 0. The zero-order valence-corrected chi connectivity index (χ0v) is 12.6. The Morgan fingerprint density at radius 2 is 2.00 bits per heavy atom. The number of nitrogens with one attached hydrogen (secondary N) is 1. The van der Waals surface area contributed by atoms with Crippen molar-refractivity contribution in [3.63, 3.8) is 0 Å². The highest BCUT2D eigenvalue weighted by Gasteiger charge is 2.16. The van der Waals surface area contributed by atoms with Crippen LogP contribution in [0.2, 0.25) is 0 Å². The number of anilines is 1. The minimum Gasteiger partial charge on any atom is -0.342 e. The third-order valence-electron chi connectivity index (χ3n) is 3.61. The van der Waals surface area contributed by atoms with Crippen LogP contribution in [0.5, 0.6) is 0 Å². The summed E-state index contributed by atoms with van der Waals surface area (Å²) in [4.78, 5) is 18.6. The van der Waals surface area contributed by atoms with E-state index < -0.39 is 0 Å². The van der Waals surface area contributed by atoms with E-state index in [2.05, 4.69) is 17.3 Å². The van der Waals surface area contributed by atoms with Crippen LogP contribution >= 0.6 is 0 Å². The molecule has 1 heterocycles. The van der Waals surface area contributed by atoms with E-state index in [9.17, 15) is 4.79 Å². The number of hydrazine groups is 1. The van der Waals surface area contributed by atoms with Crippen molar-refractivity contribution in [2.75, 3.05) is 19.0 Å². The molecule has 2 rings (SSSR count). The minimum absolute atomic E-state index is 0.00151. The molecule has 1 amide bonds. The van der Waals surface area contributed by atoms with E-state index >= 15 is 0 Å². The summed E-state index contributed by atoms with van der Waals surface area (Å²) in [6.45, 7) is 2.91. The lowest BCUT2D eigenvalue weighted by atomic mass is 10.1. The Bertz CT molecular complexity index is 627. The molecule has 0 fully saturated rings. The Hall–Kier alpha value is -2.14. The molecular formula is C16H22N4O. The lowest BCUT2D eigenvalue weighted by Crippen LogP contribution is -2.28. The fourth-order valence-corrected chi connectivity index (χ4v) is 2.38. The maximum atomic E-state index is 12.6. The lowest BCUT2D eigenvalue weighted by molar-refractivity contribution is 0.0794. The third kappa shape index (κ3) is 3.31. The van der Waals surface area contributed by atoms with Crippen LogP contribution in [0.25, 0.3) is 10.8 Å². The van der Waals surface area contributed by atoms with Crippen molar-refractivity contribution in [2.45, 2.75) is 26.2 Å². The number of unbranched alkanes of at least 4 members (excludes halogenated alkanes) is 2. The Kier molecular flexibility index (Phi) is 5.11. The molecule has 0 unspecified atom stereocenters. The zero-order valence-electron chi connectivity index (χ0n) is 12.6. The first-order valence-electron chi connectivity index (χ1n) is 7.28. The van der Waals surface area contributed by atoms with Crippen LogP contribution in [-0.4, -0.2) is 29.4 Å². The van der Waals surface area contributed by atoms with Gasteiger partial charge in [0.15, 0.2) is 0 Å². The summed E-state index contributed by atoms with van der Waals surface area (Å²) in [6, 6.07) is 7.65. The highest BCUT2D eigenvalue weighted by atomic mass is 16.2. The maximum Gasteiger partial charge on any atom is 0.255 e. The van der Waals surface area contributed by atoms with Crippen LogP contribution in [0.3, 0.4) is 0 Å². The van der Waals surface area contributed by atoms with E-state index in [1.54, 1.807) is 11.1 Å². The number of pyridine rings is 1. The topological polar surface area (TPSA) is 71.2 Å². The maximum absolute atomic E-state index is 12.6. The van der Waals surface area contributed by atoms with Crippen molar-refractivity contribution < 1.29 is 4.79 Å². The fourth-order valence-electron chi connectivity index (χ4n) is 2.38. The molecular weight excluding hydrogens is 264 g/mol. The Labute approximate surface area is 125 Å². The van der Waals surface area contributed by atoms with Crippen LogP contribution in [0.1, 0.15) is 36.5 Å². The van der Waals surface area contributed by atoms with E-state index in [-0.39, 0.29) is 5.91 Å². The monoisotopic (exact) mass is 286 g/mol. The molecule has 1 aromatic carbocycles. The first-order valence-corrected chi connectivity index (χ1v) is 7.28. The molecule has 21 heavy (non-hydrogen) atoms. The average Bonchev–Trinajstić information content (AvgIpc) is 2.53. The minimum atomic E-state index is -0.00151. The van der Waals surface area contributed by atoms with Gasteiger partial charge in [0.2, 0.25) is 0 Å². The highest BCUT2D eigenvalue weighted by Crippen LogP contribution is 2.24. The number of hydrogen-bond acceptors (Lipinski definition) is 4. The van der Waals surface area contributed by atoms with Crippen LogP contribution in [0, 0.1) is 0 Å². The molecule has 1 aromatic heterocycles. The number of rotatable bonds is 6. The fraction of sp³-hybridized carbons (Fsp3) is 0.375. The molecule has 0 saturated heterocycles. The number of aromatic nitrogens is 1. The van der Waals surface area contributed by atoms with Gasteiger partial charge in [-0.25, -0.2) is 10.8 Å². The van der Waals surface area contributed by atoms with Gasteiger partial charge in [-0.05, 0) is 11.8 Å². The van der Waals surface area contributed by atoms with E-state index in [4.69, 9.17) is 5.84 Å². The van der Waals surface area contributed by atoms with Gasteiger partial charge in [-0.1, -0.05) is 44.0 Å². The first kappa shape index (κ1) is 15.3. The molecule has 0 bridgehead atoms. The summed E-state index contributed by atoms with van der Waals surface area (Å²) in [7, 11) is 1.84. The Balaban J connectivity index is 2.31. The molecule has 5 nitrogen and oxygen atoms in total. The van der Waals surface area contributed by atoms with Crippen molar-refractivity contribution in [3.8, 4) is 0 Å². The van der Waals surface area contributed by atoms with E-state index in [0.717, 1.165) is 36.6 Å². The van der Waals surface area contributed by atoms with Gasteiger partial charge in [-0.3, -0.25) is 4.79 Å². The molecule has 0 aliphatic carbocycles. The van der Waals surface area contributed by atoms with Crippen molar-refractivity contribution >= 4 is 22.5 Å². The molecule has 0 atom stereocenters. The standard InChI is InChI=1S/C16H22N4O/c1-3-4-7-10-20(2)16(21)14-11-18-15(19-17)13-9-6-5-8-12(13)14/h5-6,8-9,11H,3-4,7,10,17H2,1-2H3,(H,18,19). The predicted octanol–water partition coefficient (Wildman–Crippen LogP) is 2.78. The second-order valence-corrected chi connectivity index (χ2v) is 5.14. The number of hydrogen-bond donors (Lipinski definition) is 2. The number of carbonyl (C=O) groups excluding carboxylic acids is 1. The Morgan fingerprint density at radius 3 is 2.67 bits per heavy atom. The van der Waals surface area contributed by atoms with Crippen molar-refractivity contribution in [2.24, 2.45) is 5.84 Å². The first-order chi connectivity index (χ1) is 10.2. The molecule has 3 N–H and O–H groups in total. The predicted molar refractivity (Wildman–Crippen MR) is 86.0 cm³/mol. The van der Waals surface area contributed by atoms with Gasteiger partial charge in [0.05, 0.1) is 5.56 Å². The summed E-state index contributed by atoms with van der Waals surface area (Å²) in [5, 5.41) is 1.72. The van der Waals surface area contributed by atoms with E-state index in [0.29, 0.717) is 11.4 Å². The quantitative estimate of drug-likeness (QED) is 0.486. The van der Waals surface area contributed by atoms with Crippen LogP contribution < -0.4 is 11.3 Å². The number of amides is 1. The normalized spacial score (nSPS) is 10.6. The van der Waals surface area contributed by atoms with E-state index in [1.807, 2.05) is 31.3 Å². The number of benzene rings is 1. The smallest absolute Gasteiger partial charge is 0.255 e. The average molecular weight is 286 g/mol. The molecule has 5 heteroatoms.